The van der Waals surface area contributed by atoms with Crippen molar-refractivity contribution in [1.82, 2.24) is 9.78 Å². The summed E-state index contributed by atoms with van der Waals surface area (Å²) < 4.78 is 17.4. The molecule has 0 saturated carbocycles. The molecule has 0 fully saturated rings. The third kappa shape index (κ3) is 5.66. The number of ether oxygens (including phenoxy) is 3. The maximum atomic E-state index is 12.9. The Morgan fingerprint density at radius 2 is 1.82 bits per heavy atom. The fourth-order valence-electron chi connectivity index (χ4n) is 3.36. The summed E-state index contributed by atoms with van der Waals surface area (Å²) in [5, 5.41) is 18.7. The Kier molecular flexibility index (Phi) is 7.98. The zero-order valence-corrected chi connectivity index (χ0v) is 18.7. The van der Waals surface area contributed by atoms with E-state index < -0.39 is 10.9 Å². The molecule has 0 saturated heterocycles. The fourth-order valence-corrected chi connectivity index (χ4v) is 3.36. The number of nitro benzene ring substituents is 1. The van der Waals surface area contributed by atoms with Gasteiger partial charge < -0.3 is 19.5 Å². The van der Waals surface area contributed by atoms with Crippen molar-refractivity contribution in [3.05, 3.63) is 75.6 Å². The van der Waals surface area contributed by atoms with Gasteiger partial charge in [-0.3, -0.25) is 10.1 Å². The van der Waals surface area contributed by atoms with Crippen molar-refractivity contribution in [2.45, 2.75) is 20.0 Å². The molecule has 0 radical (unpaired) electrons. The second kappa shape index (κ2) is 11.1. The number of benzene rings is 2. The molecular weight excluding hydrogens is 428 g/mol. The van der Waals surface area contributed by atoms with Gasteiger partial charge in [0, 0.05) is 37.0 Å². The molecule has 174 valence electrons. The number of anilines is 1. The lowest BCUT2D eigenvalue weighted by molar-refractivity contribution is -0.384. The molecule has 2 aromatic carbocycles. The predicted octanol–water partition coefficient (Wildman–Crippen LogP) is 3.77. The van der Waals surface area contributed by atoms with Crippen LogP contribution in [0.3, 0.4) is 0 Å². The second-order valence-electron chi connectivity index (χ2n) is 7.02. The molecule has 1 heterocycles. The van der Waals surface area contributed by atoms with E-state index in [9.17, 15) is 14.9 Å². The molecule has 0 aliphatic rings. The van der Waals surface area contributed by atoms with Crippen molar-refractivity contribution in [3.8, 4) is 11.4 Å². The van der Waals surface area contributed by atoms with Crippen molar-refractivity contribution < 1.29 is 23.9 Å². The molecule has 0 unspecified atom stereocenters. The van der Waals surface area contributed by atoms with Gasteiger partial charge in [0.25, 0.3) is 5.69 Å². The highest BCUT2D eigenvalue weighted by atomic mass is 16.6. The van der Waals surface area contributed by atoms with E-state index in [0.717, 1.165) is 5.69 Å². The summed E-state index contributed by atoms with van der Waals surface area (Å²) in [5.41, 5.74) is 3.11. The van der Waals surface area contributed by atoms with Crippen molar-refractivity contribution in [2.24, 2.45) is 0 Å². The van der Waals surface area contributed by atoms with Gasteiger partial charge in [0.15, 0.2) is 5.69 Å². The first-order valence-corrected chi connectivity index (χ1v) is 10.4. The van der Waals surface area contributed by atoms with E-state index in [1.165, 1.54) is 12.1 Å². The van der Waals surface area contributed by atoms with Gasteiger partial charge in [-0.1, -0.05) is 0 Å². The standard InChI is InChI=1S/C23H26N4O6/c1-4-33-23(28)22-20(13-14-24-16-5-7-18(8-6-16)27(29)30)21(15-31-2)25-26(22)17-9-11-19(32-3)12-10-17/h5-12,24H,4,13-15H2,1-3H3. The van der Waals surface area contributed by atoms with Crippen LogP contribution in [0.15, 0.2) is 48.5 Å². The van der Waals surface area contributed by atoms with E-state index in [4.69, 9.17) is 14.2 Å². The minimum Gasteiger partial charge on any atom is -0.497 e. The quantitative estimate of drug-likeness (QED) is 0.264. The topological polar surface area (TPSA) is 118 Å². The Balaban J connectivity index is 1.91. The third-order valence-corrected chi connectivity index (χ3v) is 4.92. The normalized spacial score (nSPS) is 10.6. The van der Waals surface area contributed by atoms with Gasteiger partial charge in [0.05, 0.1) is 36.6 Å². The summed E-state index contributed by atoms with van der Waals surface area (Å²) in [5.74, 6) is 0.210. The van der Waals surface area contributed by atoms with Crippen LogP contribution in [0, 0.1) is 10.1 Å². The van der Waals surface area contributed by atoms with E-state index in [1.54, 1.807) is 50.1 Å². The molecule has 1 aromatic heterocycles. The van der Waals surface area contributed by atoms with Gasteiger partial charge in [0.1, 0.15) is 5.75 Å². The fraction of sp³-hybridized carbons (Fsp3) is 0.304. The number of rotatable bonds is 11. The van der Waals surface area contributed by atoms with Crippen LogP contribution in [-0.4, -0.2) is 48.0 Å². The van der Waals surface area contributed by atoms with Crippen LogP contribution in [0.1, 0.15) is 28.7 Å². The van der Waals surface area contributed by atoms with Crippen LogP contribution in [-0.2, 0) is 22.5 Å². The number of carbonyl (C=O) groups excluding carboxylic acids is 1. The highest BCUT2D eigenvalue weighted by Crippen LogP contribution is 2.24. The van der Waals surface area contributed by atoms with Gasteiger partial charge in [-0.15, -0.1) is 0 Å². The summed E-state index contributed by atoms with van der Waals surface area (Å²) in [6, 6.07) is 13.3. The number of esters is 1. The summed E-state index contributed by atoms with van der Waals surface area (Å²) in [6.07, 6.45) is 0.458. The summed E-state index contributed by atoms with van der Waals surface area (Å²) in [6.45, 7) is 2.67. The van der Waals surface area contributed by atoms with E-state index in [-0.39, 0.29) is 18.9 Å². The van der Waals surface area contributed by atoms with Crippen LogP contribution in [0.2, 0.25) is 0 Å². The lowest BCUT2D eigenvalue weighted by Crippen LogP contribution is -2.15. The molecule has 0 amide bonds. The number of non-ortho nitro benzene ring substituents is 1. The highest BCUT2D eigenvalue weighted by Gasteiger charge is 2.25. The molecule has 10 heteroatoms. The van der Waals surface area contributed by atoms with Gasteiger partial charge in [0.2, 0.25) is 0 Å². The zero-order valence-electron chi connectivity index (χ0n) is 18.7. The number of aromatic nitrogens is 2. The Morgan fingerprint density at radius 1 is 1.12 bits per heavy atom. The first-order valence-electron chi connectivity index (χ1n) is 10.4. The number of hydrogen-bond acceptors (Lipinski definition) is 8. The van der Waals surface area contributed by atoms with Crippen molar-refractivity contribution in [1.29, 1.82) is 0 Å². The number of nitrogens with zero attached hydrogens (tertiary/aromatic N) is 3. The predicted molar refractivity (Wildman–Crippen MR) is 122 cm³/mol. The molecule has 3 rings (SSSR count). The maximum Gasteiger partial charge on any atom is 0.357 e. The van der Waals surface area contributed by atoms with Gasteiger partial charge in [-0.25, -0.2) is 9.48 Å². The molecule has 1 N–H and O–H groups in total. The molecule has 0 atom stereocenters. The van der Waals surface area contributed by atoms with Crippen LogP contribution in [0.4, 0.5) is 11.4 Å². The Bertz CT molecular complexity index is 1090. The van der Waals surface area contributed by atoms with E-state index >= 15 is 0 Å². The first-order chi connectivity index (χ1) is 16.0. The number of hydrogen-bond donors (Lipinski definition) is 1. The van der Waals surface area contributed by atoms with Gasteiger partial charge in [-0.2, -0.15) is 5.10 Å². The van der Waals surface area contributed by atoms with Gasteiger partial charge in [-0.05, 0) is 49.7 Å². The summed E-state index contributed by atoms with van der Waals surface area (Å²) >= 11 is 0. The SMILES string of the molecule is CCOC(=O)c1c(CCNc2ccc([N+](=O)[O-])cc2)c(COC)nn1-c1ccc(OC)cc1. The Hall–Kier alpha value is -3.92. The van der Waals surface area contributed by atoms with Crippen LogP contribution >= 0.6 is 0 Å². The van der Waals surface area contributed by atoms with Crippen molar-refractivity contribution in [3.63, 3.8) is 0 Å². The zero-order chi connectivity index (χ0) is 23.8. The molecular formula is C23H26N4O6. The number of methoxy groups -OCH3 is 2. The number of nitrogens with one attached hydrogen (secondary N) is 1. The van der Waals surface area contributed by atoms with Crippen molar-refractivity contribution >= 4 is 17.3 Å². The molecule has 0 bridgehead atoms. The lowest BCUT2D eigenvalue weighted by atomic mass is 10.1. The Labute approximate surface area is 191 Å². The molecule has 3 aromatic rings. The number of nitro groups is 1. The molecule has 33 heavy (non-hydrogen) atoms. The first kappa shape index (κ1) is 23.7. The summed E-state index contributed by atoms with van der Waals surface area (Å²) in [4.78, 5) is 23.3. The average molecular weight is 454 g/mol. The minimum atomic E-state index is -0.478. The highest BCUT2D eigenvalue weighted by molar-refractivity contribution is 5.90. The maximum absolute atomic E-state index is 12.9. The third-order valence-electron chi connectivity index (χ3n) is 4.92. The minimum absolute atomic E-state index is 0.0216. The molecule has 0 spiro atoms. The summed E-state index contributed by atoms with van der Waals surface area (Å²) in [7, 11) is 3.15. The lowest BCUT2D eigenvalue weighted by Gasteiger charge is -2.11. The van der Waals surface area contributed by atoms with E-state index in [2.05, 4.69) is 10.4 Å². The smallest absolute Gasteiger partial charge is 0.357 e. The van der Waals surface area contributed by atoms with Crippen LogP contribution in [0.25, 0.3) is 5.69 Å². The van der Waals surface area contributed by atoms with Crippen LogP contribution < -0.4 is 10.1 Å². The second-order valence-corrected chi connectivity index (χ2v) is 7.02. The van der Waals surface area contributed by atoms with E-state index in [1.807, 2.05) is 12.1 Å². The monoisotopic (exact) mass is 454 g/mol. The van der Waals surface area contributed by atoms with Crippen LogP contribution in [0.5, 0.6) is 5.75 Å². The largest absolute Gasteiger partial charge is 0.497 e. The molecule has 10 nitrogen and oxygen atoms in total. The van der Waals surface area contributed by atoms with Crippen molar-refractivity contribution in [2.75, 3.05) is 32.7 Å². The Morgan fingerprint density at radius 3 is 2.39 bits per heavy atom. The average Bonchev–Trinajstić information content (AvgIpc) is 3.18. The molecule has 0 aliphatic carbocycles. The number of carbonyl (C=O) groups is 1. The molecule has 0 aliphatic heterocycles. The van der Waals surface area contributed by atoms with Gasteiger partial charge >= 0.3 is 5.97 Å². The van der Waals surface area contributed by atoms with E-state index in [0.29, 0.717) is 41.4 Å².